The minimum Gasteiger partial charge on any atom is -0.348 e. The van der Waals surface area contributed by atoms with Crippen molar-refractivity contribution in [3.8, 4) is 0 Å². The van der Waals surface area contributed by atoms with E-state index in [0.717, 1.165) is 36.6 Å². The summed E-state index contributed by atoms with van der Waals surface area (Å²) in [5.41, 5.74) is 1.05. The van der Waals surface area contributed by atoms with Gasteiger partial charge in [0, 0.05) is 31.5 Å². The number of carbonyl (C=O) groups excluding carboxylic acids is 1. The third-order valence-electron chi connectivity index (χ3n) is 4.15. The highest BCUT2D eigenvalue weighted by molar-refractivity contribution is 7.22. The molecule has 0 spiro atoms. The van der Waals surface area contributed by atoms with Crippen molar-refractivity contribution in [1.82, 2.24) is 20.3 Å². The molecule has 1 amide bonds. The number of hydrogen-bond acceptors (Lipinski definition) is 6. The lowest BCUT2D eigenvalue weighted by molar-refractivity contribution is 0.0920. The summed E-state index contributed by atoms with van der Waals surface area (Å²) < 4.78 is 1.21. The monoisotopic (exact) mass is 339 g/mol. The summed E-state index contributed by atoms with van der Waals surface area (Å²) in [5, 5.41) is 4.09. The van der Waals surface area contributed by atoms with E-state index in [1.807, 2.05) is 18.2 Å². The van der Waals surface area contributed by atoms with Gasteiger partial charge < -0.3 is 10.2 Å². The van der Waals surface area contributed by atoms with Gasteiger partial charge in [-0.15, -0.1) is 0 Å². The fourth-order valence-corrected chi connectivity index (χ4v) is 3.89. The van der Waals surface area contributed by atoms with Crippen LogP contribution in [0.4, 0.5) is 5.13 Å². The van der Waals surface area contributed by atoms with E-state index in [-0.39, 0.29) is 17.8 Å². The van der Waals surface area contributed by atoms with Crippen LogP contribution in [0.2, 0.25) is 0 Å². The number of carbonyl (C=O) groups is 1. The maximum atomic E-state index is 12.1. The predicted octanol–water partition coefficient (Wildman–Crippen LogP) is 2.49. The Hall–Kier alpha value is -2.54. The van der Waals surface area contributed by atoms with E-state index < -0.39 is 0 Å². The lowest BCUT2D eigenvalue weighted by Gasteiger charge is -2.31. The zero-order valence-electron chi connectivity index (χ0n) is 13.1. The van der Waals surface area contributed by atoms with Gasteiger partial charge >= 0.3 is 0 Å². The van der Waals surface area contributed by atoms with Gasteiger partial charge in [0.1, 0.15) is 0 Å². The molecule has 4 rings (SSSR count). The van der Waals surface area contributed by atoms with Crippen LogP contribution >= 0.6 is 11.3 Å². The van der Waals surface area contributed by atoms with Crippen molar-refractivity contribution >= 4 is 32.6 Å². The topological polar surface area (TPSA) is 71.0 Å². The average Bonchev–Trinajstić information content (AvgIpc) is 3.07. The van der Waals surface area contributed by atoms with Crippen molar-refractivity contribution < 1.29 is 4.79 Å². The molecule has 0 saturated carbocycles. The summed E-state index contributed by atoms with van der Waals surface area (Å²) in [6, 6.07) is 10.1. The lowest BCUT2D eigenvalue weighted by Crippen LogP contribution is -2.45. The molecule has 1 aromatic carbocycles. The number of para-hydroxylation sites is 1. The molecule has 0 bridgehead atoms. The van der Waals surface area contributed by atoms with Crippen molar-refractivity contribution in [3.63, 3.8) is 0 Å². The fourth-order valence-electron chi connectivity index (χ4n) is 2.88. The number of hydrogen-bond donors (Lipinski definition) is 1. The van der Waals surface area contributed by atoms with Gasteiger partial charge in [0.05, 0.1) is 10.2 Å². The molecule has 0 atom stereocenters. The number of nitrogens with zero attached hydrogens (tertiary/aromatic N) is 4. The number of anilines is 1. The van der Waals surface area contributed by atoms with Crippen molar-refractivity contribution in [3.05, 3.63) is 48.5 Å². The SMILES string of the molecule is O=C(NC1CCN(c2nc3ccccc3s2)CC1)c1ncccn1. The van der Waals surface area contributed by atoms with Crippen molar-refractivity contribution in [2.24, 2.45) is 0 Å². The first-order valence-corrected chi connectivity index (χ1v) is 8.79. The molecule has 2 aromatic heterocycles. The fraction of sp³-hybridized carbons (Fsp3) is 0.294. The summed E-state index contributed by atoms with van der Waals surface area (Å²) in [5.74, 6) is 0.0279. The molecule has 0 unspecified atom stereocenters. The van der Waals surface area contributed by atoms with Crippen LogP contribution in [-0.4, -0.2) is 40.0 Å². The zero-order valence-corrected chi connectivity index (χ0v) is 13.9. The second-order valence-corrected chi connectivity index (χ2v) is 6.78. The van der Waals surface area contributed by atoms with E-state index >= 15 is 0 Å². The van der Waals surface area contributed by atoms with E-state index in [9.17, 15) is 4.79 Å². The number of benzene rings is 1. The van der Waals surface area contributed by atoms with E-state index in [2.05, 4.69) is 26.3 Å². The second-order valence-electron chi connectivity index (χ2n) is 5.77. The maximum Gasteiger partial charge on any atom is 0.289 e. The van der Waals surface area contributed by atoms with Crippen LogP contribution in [0.15, 0.2) is 42.7 Å². The Labute approximate surface area is 143 Å². The summed E-state index contributed by atoms with van der Waals surface area (Å²) in [6.45, 7) is 1.78. The normalized spacial score (nSPS) is 15.6. The van der Waals surface area contributed by atoms with Crippen molar-refractivity contribution in [2.75, 3.05) is 18.0 Å². The van der Waals surface area contributed by atoms with Crippen LogP contribution < -0.4 is 10.2 Å². The number of piperidine rings is 1. The third-order valence-corrected chi connectivity index (χ3v) is 5.25. The molecule has 1 N–H and O–H groups in total. The minimum absolute atomic E-state index is 0.159. The Morgan fingerprint density at radius 2 is 1.88 bits per heavy atom. The molecule has 6 nitrogen and oxygen atoms in total. The van der Waals surface area contributed by atoms with Crippen LogP contribution in [0.25, 0.3) is 10.2 Å². The highest BCUT2D eigenvalue weighted by Gasteiger charge is 2.23. The third kappa shape index (κ3) is 3.07. The van der Waals surface area contributed by atoms with Gasteiger partial charge in [-0.1, -0.05) is 23.5 Å². The molecule has 3 aromatic rings. The van der Waals surface area contributed by atoms with Gasteiger partial charge in [-0.05, 0) is 31.0 Å². The summed E-state index contributed by atoms with van der Waals surface area (Å²) in [6.07, 6.45) is 4.96. The van der Waals surface area contributed by atoms with Gasteiger partial charge in [-0.2, -0.15) is 0 Å². The Bertz CT molecular complexity index is 809. The number of fused-ring (bicyclic) bond motifs is 1. The smallest absolute Gasteiger partial charge is 0.289 e. The average molecular weight is 339 g/mol. The van der Waals surface area contributed by atoms with Crippen LogP contribution in [0.1, 0.15) is 23.5 Å². The summed E-state index contributed by atoms with van der Waals surface area (Å²) >= 11 is 1.72. The number of aromatic nitrogens is 3. The largest absolute Gasteiger partial charge is 0.348 e. The highest BCUT2D eigenvalue weighted by atomic mass is 32.1. The molecular weight excluding hydrogens is 322 g/mol. The summed E-state index contributed by atoms with van der Waals surface area (Å²) in [4.78, 5) is 27.1. The molecule has 122 valence electrons. The number of rotatable bonds is 3. The summed E-state index contributed by atoms with van der Waals surface area (Å²) in [7, 11) is 0. The standard InChI is InChI=1S/C17H17N5OS/c23-16(15-18-8-3-9-19-15)20-12-6-10-22(11-7-12)17-21-13-4-1-2-5-14(13)24-17/h1-5,8-9,12H,6-7,10-11H2,(H,20,23). The quantitative estimate of drug-likeness (QED) is 0.794. The number of thiazole rings is 1. The second kappa shape index (κ2) is 6.52. The Morgan fingerprint density at radius 3 is 2.62 bits per heavy atom. The Kier molecular flexibility index (Phi) is 4.08. The Balaban J connectivity index is 1.37. The van der Waals surface area contributed by atoms with Gasteiger partial charge in [-0.3, -0.25) is 4.79 Å². The molecule has 0 aliphatic carbocycles. The van der Waals surface area contributed by atoms with E-state index in [4.69, 9.17) is 4.98 Å². The molecule has 1 aliphatic rings. The first kappa shape index (κ1) is 15.0. The first-order valence-electron chi connectivity index (χ1n) is 7.98. The van der Waals surface area contributed by atoms with Crippen LogP contribution in [0.3, 0.4) is 0 Å². The minimum atomic E-state index is -0.200. The van der Waals surface area contributed by atoms with Crippen molar-refractivity contribution in [2.45, 2.75) is 18.9 Å². The van der Waals surface area contributed by atoms with Crippen LogP contribution in [-0.2, 0) is 0 Å². The lowest BCUT2D eigenvalue weighted by atomic mass is 10.1. The highest BCUT2D eigenvalue weighted by Crippen LogP contribution is 2.30. The van der Waals surface area contributed by atoms with Crippen LogP contribution in [0.5, 0.6) is 0 Å². The van der Waals surface area contributed by atoms with Crippen molar-refractivity contribution in [1.29, 1.82) is 0 Å². The number of nitrogens with one attached hydrogen (secondary N) is 1. The van der Waals surface area contributed by atoms with Crippen LogP contribution in [0, 0.1) is 0 Å². The Morgan fingerprint density at radius 1 is 1.12 bits per heavy atom. The molecule has 0 radical (unpaired) electrons. The zero-order chi connectivity index (χ0) is 16.4. The van der Waals surface area contributed by atoms with Gasteiger partial charge in [0.2, 0.25) is 5.82 Å². The molecule has 3 heterocycles. The number of amides is 1. The van der Waals surface area contributed by atoms with Gasteiger partial charge in [0.25, 0.3) is 5.91 Å². The first-order chi connectivity index (χ1) is 11.8. The van der Waals surface area contributed by atoms with E-state index in [1.165, 1.54) is 4.70 Å². The van der Waals surface area contributed by atoms with E-state index in [1.54, 1.807) is 29.8 Å². The van der Waals surface area contributed by atoms with Gasteiger partial charge in [0.15, 0.2) is 5.13 Å². The molecule has 1 saturated heterocycles. The molecule has 1 aliphatic heterocycles. The van der Waals surface area contributed by atoms with E-state index in [0.29, 0.717) is 0 Å². The molecular formula is C17H17N5OS. The predicted molar refractivity (Wildman–Crippen MR) is 94.4 cm³/mol. The van der Waals surface area contributed by atoms with Gasteiger partial charge in [-0.25, -0.2) is 15.0 Å². The molecule has 7 heteroatoms. The molecule has 24 heavy (non-hydrogen) atoms. The maximum absolute atomic E-state index is 12.1. The molecule has 1 fully saturated rings.